The van der Waals surface area contributed by atoms with Gasteiger partial charge in [-0.1, -0.05) is 10.6 Å². The van der Waals surface area contributed by atoms with Gasteiger partial charge in [0.05, 0.1) is 6.26 Å². The van der Waals surface area contributed by atoms with E-state index in [0.29, 0.717) is 11.4 Å². The third-order valence-corrected chi connectivity index (χ3v) is 4.89. The molecule has 0 saturated carbocycles. The molecule has 3 rings (SSSR count). The van der Waals surface area contributed by atoms with Gasteiger partial charge in [-0.25, -0.2) is 0 Å². The number of hydrogen-bond donors (Lipinski definition) is 1. The van der Waals surface area contributed by atoms with E-state index in [0.717, 1.165) is 22.7 Å². The van der Waals surface area contributed by atoms with E-state index in [1.807, 2.05) is 52.8 Å². The molecule has 0 spiro atoms. The van der Waals surface area contributed by atoms with Gasteiger partial charge in [-0.05, 0) is 81.5 Å². The number of hydrogen-bond acceptors (Lipinski definition) is 6. The van der Waals surface area contributed by atoms with E-state index >= 15 is 0 Å². The lowest BCUT2D eigenvalue weighted by Crippen LogP contribution is -2.49. The quantitative estimate of drug-likeness (QED) is 0.683. The van der Waals surface area contributed by atoms with Gasteiger partial charge in [-0.15, -0.1) is 5.10 Å². The Morgan fingerprint density at radius 3 is 2.48 bits per heavy atom. The number of aryl methyl sites for hydroxylation is 2. The monoisotopic (exact) mass is 412 g/mol. The maximum atomic E-state index is 13.4. The maximum Gasteiger partial charge on any atom is 0.280 e. The highest BCUT2D eigenvalue weighted by Crippen LogP contribution is 2.31. The van der Waals surface area contributed by atoms with Crippen LogP contribution < -0.4 is 10.2 Å². The molecule has 0 radical (unpaired) electrons. The first-order valence-corrected chi connectivity index (χ1v) is 10.0. The lowest BCUT2D eigenvalue weighted by Gasteiger charge is -2.32. The van der Waals surface area contributed by atoms with Gasteiger partial charge in [-0.2, -0.15) is 0 Å². The van der Waals surface area contributed by atoms with Crippen LogP contribution >= 0.6 is 11.5 Å². The molecular weight excluding hydrogens is 388 g/mol. The van der Waals surface area contributed by atoms with E-state index in [-0.39, 0.29) is 11.6 Å². The zero-order valence-electron chi connectivity index (χ0n) is 17.1. The Hall–Kier alpha value is -3.00. The second-order valence-corrected chi connectivity index (χ2v) is 8.50. The second kappa shape index (κ2) is 8.16. The summed E-state index contributed by atoms with van der Waals surface area (Å²) in [5.74, 6) is -0.406. The van der Waals surface area contributed by atoms with Gasteiger partial charge < -0.3 is 9.73 Å². The van der Waals surface area contributed by atoms with Crippen LogP contribution in [0.25, 0.3) is 0 Å². The zero-order valence-corrected chi connectivity index (χ0v) is 17.9. The number of anilines is 1. The number of rotatable bonds is 5. The predicted molar refractivity (Wildman–Crippen MR) is 112 cm³/mol. The Labute approximate surface area is 173 Å². The van der Waals surface area contributed by atoms with Crippen LogP contribution in [0.3, 0.4) is 0 Å². The fourth-order valence-electron chi connectivity index (χ4n) is 2.90. The van der Waals surface area contributed by atoms with E-state index in [4.69, 9.17) is 4.42 Å². The number of nitrogens with zero attached hydrogens (tertiary/aromatic N) is 3. The standard InChI is InChI=1S/C21H24N4O3S/c1-13-8-9-15(11-14(13)2)25(20(27)16-12-29-24-23-16)18(17-7-6-10-28-17)19(26)22-21(3,4)5/h6-12,18H,1-5H3,(H,22,26). The van der Waals surface area contributed by atoms with Crippen LogP contribution in [-0.2, 0) is 4.79 Å². The molecule has 1 unspecified atom stereocenters. The molecule has 0 fully saturated rings. The average Bonchev–Trinajstić information content (AvgIpc) is 3.33. The molecule has 2 aromatic heterocycles. The smallest absolute Gasteiger partial charge is 0.280 e. The lowest BCUT2D eigenvalue weighted by atomic mass is 10.0. The molecular formula is C21H24N4O3S. The van der Waals surface area contributed by atoms with Crippen molar-refractivity contribution in [3.63, 3.8) is 0 Å². The van der Waals surface area contributed by atoms with E-state index in [1.165, 1.54) is 11.2 Å². The van der Waals surface area contributed by atoms with Crippen LogP contribution in [0.5, 0.6) is 0 Å². The van der Waals surface area contributed by atoms with Crippen molar-refractivity contribution in [1.82, 2.24) is 14.9 Å². The topological polar surface area (TPSA) is 88.3 Å². The number of amides is 2. The summed E-state index contributed by atoms with van der Waals surface area (Å²) in [6.45, 7) is 9.61. The van der Waals surface area contributed by atoms with Crippen LogP contribution in [0, 0.1) is 13.8 Å². The van der Waals surface area contributed by atoms with E-state index in [2.05, 4.69) is 14.9 Å². The van der Waals surface area contributed by atoms with Crippen molar-refractivity contribution in [1.29, 1.82) is 0 Å². The minimum absolute atomic E-state index is 0.174. The summed E-state index contributed by atoms with van der Waals surface area (Å²) in [5, 5.41) is 8.44. The highest BCUT2D eigenvalue weighted by Gasteiger charge is 2.37. The number of carbonyl (C=O) groups is 2. The van der Waals surface area contributed by atoms with Crippen LogP contribution in [0.1, 0.15) is 54.2 Å². The number of carbonyl (C=O) groups excluding carboxylic acids is 2. The van der Waals surface area contributed by atoms with Gasteiger partial charge in [-0.3, -0.25) is 14.5 Å². The molecule has 152 valence electrons. The molecule has 2 amide bonds. The molecule has 8 heteroatoms. The molecule has 0 aliphatic heterocycles. The largest absolute Gasteiger partial charge is 0.467 e. The molecule has 3 aromatic rings. The summed E-state index contributed by atoms with van der Waals surface area (Å²) in [4.78, 5) is 28.1. The number of aromatic nitrogens is 2. The molecule has 0 aliphatic carbocycles. The third kappa shape index (κ3) is 4.71. The Morgan fingerprint density at radius 2 is 1.93 bits per heavy atom. The van der Waals surface area contributed by atoms with Crippen molar-refractivity contribution in [3.05, 3.63) is 64.6 Å². The summed E-state index contributed by atoms with van der Waals surface area (Å²) < 4.78 is 9.36. The predicted octanol–water partition coefficient (Wildman–Crippen LogP) is 4.05. The summed E-state index contributed by atoms with van der Waals surface area (Å²) in [6.07, 6.45) is 1.49. The Kier molecular flexibility index (Phi) is 5.83. The molecule has 0 saturated heterocycles. The first-order valence-electron chi connectivity index (χ1n) is 9.20. The molecule has 0 aliphatic rings. The summed E-state index contributed by atoms with van der Waals surface area (Å²) in [7, 11) is 0. The number of nitrogens with one attached hydrogen (secondary N) is 1. The lowest BCUT2D eigenvalue weighted by molar-refractivity contribution is -0.124. The van der Waals surface area contributed by atoms with Crippen molar-refractivity contribution < 1.29 is 14.0 Å². The molecule has 29 heavy (non-hydrogen) atoms. The van der Waals surface area contributed by atoms with Crippen LogP contribution in [-0.4, -0.2) is 26.9 Å². The minimum atomic E-state index is -1.000. The van der Waals surface area contributed by atoms with Crippen molar-refractivity contribution in [2.75, 3.05) is 4.90 Å². The van der Waals surface area contributed by atoms with Gasteiger partial charge >= 0.3 is 0 Å². The SMILES string of the molecule is Cc1ccc(N(C(=O)c2csnn2)C(C(=O)NC(C)(C)C)c2ccco2)cc1C. The van der Waals surface area contributed by atoms with E-state index < -0.39 is 17.5 Å². The molecule has 1 aromatic carbocycles. The van der Waals surface area contributed by atoms with Gasteiger partial charge in [0.2, 0.25) is 0 Å². The third-order valence-electron chi connectivity index (χ3n) is 4.38. The first-order chi connectivity index (χ1) is 13.7. The van der Waals surface area contributed by atoms with Gasteiger partial charge in [0, 0.05) is 16.6 Å². The Bertz CT molecular complexity index is 992. The normalized spacial score (nSPS) is 12.4. The van der Waals surface area contributed by atoms with Gasteiger partial charge in [0.25, 0.3) is 11.8 Å². The molecule has 1 N–H and O–H groups in total. The van der Waals surface area contributed by atoms with Crippen molar-refractivity contribution in [2.45, 2.75) is 46.2 Å². The first kappa shape index (κ1) is 20.7. The Balaban J connectivity index is 2.15. The molecule has 0 bridgehead atoms. The zero-order chi connectivity index (χ0) is 21.2. The van der Waals surface area contributed by atoms with Crippen molar-refractivity contribution >= 4 is 29.0 Å². The highest BCUT2D eigenvalue weighted by molar-refractivity contribution is 7.03. The van der Waals surface area contributed by atoms with Crippen LogP contribution in [0.4, 0.5) is 5.69 Å². The van der Waals surface area contributed by atoms with E-state index in [1.54, 1.807) is 17.5 Å². The number of furan rings is 1. The minimum Gasteiger partial charge on any atom is -0.467 e. The van der Waals surface area contributed by atoms with Crippen molar-refractivity contribution in [2.24, 2.45) is 0 Å². The Morgan fingerprint density at radius 1 is 1.17 bits per heavy atom. The van der Waals surface area contributed by atoms with Crippen LogP contribution in [0.2, 0.25) is 0 Å². The second-order valence-electron chi connectivity index (χ2n) is 7.89. The molecule has 1 atom stereocenters. The number of benzene rings is 1. The van der Waals surface area contributed by atoms with E-state index in [9.17, 15) is 9.59 Å². The van der Waals surface area contributed by atoms with Gasteiger partial charge in [0.1, 0.15) is 5.76 Å². The summed E-state index contributed by atoms with van der Waals surface area (Å²) in [5.41, 5.74) is 2.36. The average molecular weight is 413 g/mol. The highest BCUT2D eigenvalue weighted by atomic mass is 32.1. The fourth-order valence-corrected chi connectivity index (χ4v) is 3.33. The molecule has 2 heterocycles. The summed E-state index contributed by atoms with van der Waals surface area (Å²) >= 11 is 1.08. The van der Waals surface area contributed by atoms with Gasteiger partial charge in [0.15, 0.2) is 11.7 Å². The van der Waals surface area contributed by atoms with Crippen molar-refractivity contribution in [3.8, 4) is 0 Å². The molecule has 7 nitrogen and oxygen atoms in total. The fraction of sp³-hybridized carbons (Fsp3) is 0.333. The van der Waals surface area contributed by atoms with Crippen LogP contribution in [0.15, 0.2) is 46.4 Å². The summed E-state index contributed by atoms with van der Waals surface area (Å²) in [6, 6.07) is 8.01. The maximum absolute atomic E-state index is 13.4.